The molecule has 1 aromatic rings. The number of hydrogen-bond acceptors (Lipinski definition) is 6. The van der Waals surface area contributed by atoms with Crippen molar-refractivity contribution in [1.29, 1.82) is 0 Å². The van der Waals surface area contributed by atoms with Crippen LogP contribution in [0.25, 0.3) is 0 Å². The summed E-state index contributed by atoms with van der Waals surface area (Å²) in [6.45, 7) is 3.90. The first-order chi connectivity index (χ1) is 13.2. The van der Waals surface area contributed by atoms with Crippen LogP contribution in [0.4, 0.5) is 4.79 Å². The fourth-order valence-corrected chi connectivity index (χ4v) is 2.24. The number of imide groups is 1. The van der Waals surface area contributed by atoms with Crippen LogP contribution in [0.2, 0.25) is 0 Å². The van der Waals surface area contributed by atoms with Crippen LogP contribution in [0.3, 0.4) is 0 Å². The lowest BCUT2D eigenvalue weighted by Gasteiger charge is -2.18. The molecule has 9 nitrogen and oxygen atoms in total. The Labute approximate surface area is 163 Å². The van der Waals surface area contributed by atoms with Crippen LogP contribution >= 0.6 is 0 Å². The molecule has 0 radical (unpaired) electrons. The summed E-state index contributed by atoms with van der Waals surface area (Å²) in [5, 5.41) is 13.2. The second-order valence-corrected chi connectivity index (χ2v) is 6.79. The second kappa shape index (κ2) is 11.7. The number of nitrogens with one attached hydrogen (secondary N) is 2. The fourth-order valence-electron chi connectivity index (χ4n) is 2.24. The van der Waals surface area contributed by atoms with Gasteiger partial charge >= 0.3 is 12.1 Å². The predicted molar refractivity (Wildman–Crippen MR) is 101 cm³/mol. The van der Waals surface area contributed by atoms with Crippen LogP contribution in [0.15, 0.2) is 30.3 Å². The minimum atomic E-state index is -1.47. The van der Waals surface area contributed by atoms with Crippen molar-refractivity contribution in [3.05, 3.63) is 35.9 Å². The molecule has 0 aliphatic heterocycles. The molecule has 0 aliphatic rings. The van der Waals surface area contributed by atoms with Crippen LogP contribution in [0.1, 0.15) is 38.7 Å². The van der Waals surface area contributed by atoms with E-state index in [0.29, 0.717) is 18.8 Å². The molecular weight excluding hydrogens is 366 g/mol. The van der Waals surface area contributed by atoms with E-state index in [1.54, 1.807) is 30.3 Å². The molecular formula is C19H27N3O6. The molecule has 9 heteroatoms. The average molecular weight is 393 g/mol. The standard InChI is InChI=1S/C19H27N3O6/c1-12(2)8-9-14(20)17(25)22-18(26)15(10-16(23)24)21-19(27)28-11-13-6-4-3-5-7-13/h3-7,12,14-15H,8-11,20H2,1-2H3,(H,21,27)(H,23,24)(H,22,25,26)/t14?,15-/m0/s1. The summed E-state index contributed by atoms with van der Waals surface area (Å²) >= 11 is 0. The fraction of sp³-hybridized carbons (Fsp3) is 0.474. The zero-order valence-corrected chi connectivity index (χ0v) is 16.0. The van der Waals surface area contributed by atoms with Crippen molar-refractivity contribution < 1.29 is 29.0 Å². The summed E-state index contributed by atoms with van der Waals surface area (Å²) in [6.07, 6.45) is -0.596. The first-order valence-corrected chi connectivity index (χ1v) is 8.98. The molecule has 1 aromatic carbocycles. The lowest BCUT2D eigenvalue weighted by atomic mass is 10.0. The molecule has 0 bridgehead atoms. The van der Waals surface area contributed by atoms with Gasteiger partial charge in [-0.25, -0.2) is 4.79 Å². The largest absolute Gasteiger partial charge is 0.481 e. The molecule has 0 aromatic heterocycles. The minimum Gasteiger partial charge on any atom is -0.481 e. The van der Waals surface area contributed by atoms with Gasteiger partial charge in [-0.3, -0.25) is 19.7 Å². The van der Waals surface area contributed by atoms with E-state index in [9.17, 15) is 19.2 Å². The Morgan fingerprint density at radius 3 is 2.29 bits per heavy atom. The van der Waals surface area contributed by atoms with E-state index in [1.165, 1.54) is 0 Å². The van der Waals surface area contributed by atoms with Crippen molar-refractivity contribution in [2.45, 2.75) is 51.8 Å². The molecule has 0 saturated carbocycles. The predicted octanol–water partition coefficient (Wildman–Crippen LogP) is 1.16. The Bertz CT molecular complexity index is 678. The van der Waals surface area contributed by atoms with E-state index in [4.69, 9.17) is 15.6 Å². The van der Waals surface area contributed by atoms with E-state index >= 15 is 0 Å². The molecule has 0 heterocycles. The third-order valence-electron chi connectivity index (χ3n) is 3.84. The van der Waals surface area contributed by atoms with Crippen molar-refractivity contribution in [2.24, 2.45) is 11.7 Å². The van der Waals surface area contributed by atoms with Gasteiger partial charge in [-0.1, -0.05) is 44.2 Å². The van der Waals surface area contributed by atoms with Crippen LogP contribution in [-0.4, -0.2) is 41.1 Å². The molecule has 0 saturated heterocycles. The van der Waals surface area contributed by atoms with Gasteiger partial charge in [0, 0.05) is 0 Å². The summed E-state index contributed by atoms with van der Waals surface area (Å²) in [5.74, 6) is -2.65. The third-order valence-corrected chi connectivity index (χ3v) is 3.84. The topological polar surface area (TPSA) is 148 Å². The molecule has 0 spiro atoms. The number of benzene rings is 1. The maximum atomic E-state index is 12.2. The molecule has 154 valence electrons. The van der Waals surface area contributed by atoms with Crippen LogP contribution < -0.4 is 16.4 Å². The van der Waals surface area contributed by atoms with Crippen molar-refractivity contribution in [3.8, 4) is 0 Å². The van der Waals surface area contributed by atoms with Gasteiger partial charge in [-0.15, -0.1) is 0 Å². The van der Waals surface area contributed by atoms with Crippen molar-refractivity contribution in [3.63, 3.8) is 0 Å². The highest BCUT2D eigenvalue weighted by Gasteiger charge is 2.27. The number of carboxylic acid groups (broad SMARTS) is 1. The number of carbonyl (C=O) groups excluding carboxylic acids is 3. The number of carboxylic acids is 1. The van der Waals surface area contributed by atoms with Gasteiger partial charge in [0.25, 0.3) is 0 Å². The van der Waals surface area contributed by atoms with Crippen molar-refractivity contribution >= 4 is 23.9 Å². The number of nitrogens with two attached hydrogens (primary N) is 1. The zero-order chi connectivity index (χ0) is 21.1. The summed E-state index contributed by atoms with van der Waals surface area (Å²) in [7, 11) is 0. The second-order valence-electron chi connectivity index (χ2n) is 6.79. The quantitative estimate of drug-likeness (QED) is 0.466. The minimum absolute atomic E-state index is 0.0485. The third kappa shape index (κ3) is 9.13. The van der Waals surface area contributed by atoms with E-state index in [2.05, 4.69) is 10.6 Å². The molecule has 0 aliphatic carbocycles. The van der Waals surface area contributed by atoms with E-state index in [1.807, 2.05) is 13.8 Å². The van der Waals surface area contributed by atoms with Gasteiger partial charge in [-0.05, 0) is 24.3 Å². The van der Waals surface area contributed by atoms with Gasteiger partial charge < -0.3 is 20.9 Å². The van der Waals surface area contributed by atoms with Crippen molar-refractivity contribution in [1.82, 2.24) is 10.6 Å². The summed E-state index contributed by atoms with van der Waals surface area (Å²) in [5.41, 5.74) is 6.46. The molecule has 1 unspecified atom stereocenters. The Morgan fingerprint density at radius 1 is 1.07 bits per heavy atom. The van der Waals surface area contributed by atoms with Crippen LogP contribution in [-0.2, 0) is 25.7 Å². The highest BCUT2D eigenvalue weighted by molar-refractivity contribution is 6.01. The molecule has 5 N–H and O–H groups in total. The van der Waals surface area contributed by atoms with E-state index in [-0.39, 0.29) is 6.61 Å². The van der Waals surface area contributed by atoms with Gasteiger partial charge in [0.15, 0.2) is 0 Å². The lowest BCUT2D eigenvalue weighted by molar-refractivity contribution is -0.141. The van der Waals surface area contributed by atoms with Gasteiger partial charge in [0.1, 0.15) is 12.6 Å². The SMILES string of the molecule is CC(C)CCC(N)C(=O)NC(=O)[C@H](CC(=O)O)NC(=O)OCc1ccccc1. The molecule has 3 amide bonds. The smallest absolute Gasteiger partial charge is 0.408 e. The summed E-state index contributed by atoms with van der Waals surface area (Å²) in [6, 6.07) is 6.46. The molecule has 1 rings (SSSR count). The Balaban J connectivity index is 2.60. The lowest BCUT2D eigenvalue weighted by Crippen LogP contribution is -2.52. The molecule has 2 atom stereocenters. The monoisotopic (exact) mass is 393 g/mol. The Hall–Kier alpha value is -2.94. The number of hydrogen-bond donors (Lipinski definition) is 4. The van der Waals surface area contributed by atoms with E-state index < -0.39 is 42.4 Å². The number of amides is 3. The van der Waals surface area contributed by atoms with Crippen molar-refractivity contribution in [2.75, 3.05) is 0 Å². The number of ether oxygens (including phenoxy) is 1. The zero-order valence-electron chi connectivity index (χ0n) is 16.0. The summed E-state index contributed by atoms with van der Waals surface area (Å²) in [4.78, 5) is 47.1. The number of carbonyl (C=O) groups is 4. The summed E-state index contributed by atoms with van der Waals surface area (Å²) < 4.78 is 4.98. The van der Waals surface area contributed by atoms with Gasteiger partial charge in [-0.2, -0.15) is 0 Å². The van der Waals surface area contributed by atoms with Crippen LogP contribution in [0.5, 0.6) is 0 Å². The number of alkyl carbamates (subject to hydrolysis) is 1. The molecule has 28 heavy (non-hydrogen) atoms. The first kappa shape index (κ1) is 23.1. The maximum absolute atomic E-state index is 12.2. The average Bonchev–Trinajstić information content (AvgIpc) is 2.64. The van der Waals surface area contributed by atoms with Gasteiger partial charge in [0.2, 0.25) is 11.8 Å². The molecule has 0 fully saturated rings. The Morgan fingerprint density at radius 2 is 1.71 bits per heavy atom. The van der Waals surface area contributed by atoms with Gasteiger partial charge in [0.05, 0.1) is 12.5 Å². The Kier molecular flexibility index (Phi) is 9.66. The highest BCUT2D eigenvalue weighted by atomic mass is 16.5. The maximum Gasteiger partial charge on any atom is 0.408 e. The van der Waals surface area contributed by atoms with E-state index in [0.717, 1.165) is 5.56 Å². The normalized spacial score (nSPS) is 12.7. The number of aliphatic carboxylic acids is 1. The van der Waals surface area contributed by atoms with Crippen LogP contribution in [0, 0.1) is 5.92 Å². The number of rotatable bonds is 10. The highest BCUT2D eigenvalue weighted by Crippen LogP contribution is 2.06. The first-order valence-electron chi connectivity index (χ1n) is 8.98.